The Balaban J connectivity index is 1.57. The number of para-hydroxylation sites is 1. The average Bonchev–Trinajstić information content (AvgIpc) is 3.79. The summed E-state index contributed by atoms with van der Waals surface area (Å²) in [6.07, 6.45) is 0. The van der Waals surface area contributed by atoms with Crippen LogP contribution < -0.4 is 0 Å². The molecule has 0 radical (unpaired) electrons. The molecular formula is C46H28O. The zero-order valence-corrected chi connectivity index (χ0v) is 23.5. The lowest BCUT2D eigenvalue weighted by molar-refractivity contribution is 0.669. The van der Waals surface area contributed by atoms with Crippen LogP contribution in [0.2, 0.25) is 0 Å². The van der Waals surface area contributed by atoms with Crippen molar-refractivity contribution < 1.29 is 41.4 Å². The maximum Gasteiger partial charge on any atom is 0.136 e. The number of rotatable bonds is 3. The first kappa shape index (κ1) is 11.0. The molecular weight excluding hydrogens is 569 g/mol. The highest BCUT2D eigenvalue weighted by molar-refractivity contribution is 6.27. The summed E-state index contributed by atoms with van der Waals surface area (Å²) in [5.74, 6) is 0. The van der Waals surface area contributed by atoms with Gasteiger partial charge in [-0.25, -0.2) is 0 Å². The lowest BCUT2D eigenvalue weighted by Crippen LogP contribution is -1.93. The quantitative estimate of drug-likeness (QED) is 0.178. The van der Waals surface area contributed by atoms with Crippen LogP contribution >= 0.6 is 0 Å². The number of furan rings is 1. The molecule has 0 aliphatic carbocycles. The summed E-state index contributed by atoms with van der Waals surface area (Å²) >= 11 is 0. The first-order valence-corrected chi connectivity index (χ1v) is 14.0. The van der Waals surface area contributed by atoms with E-state index in [0.29, 0.717) is 0 Å². The minimum atomic E-state index is -1.07. The Bertz CT molecular complexity index is 4300. The summed E-state index contributed by atoms with van der Waals surface area (Å²) in [5.41, 5.74) is -5.32. The topological polar surface area (TPSA) is 13.1 Å². The van der Waals surface area contributed by atoms with Crippen molar-refractivity contribution in [3.8, 4) is 33.4 Å². The molecule has 0 amide bonds. The molecule has 0 bridgehead atoms. The van der Waals surface area contributed by atoms with Crippen LogP contribution in [0.4, 0.5) is 0 Å². The van der Waals surface area contributed by atoms with Gasteiger partial charge in [0.15, 0.2) is 0 Å². The number of hydrogen-bond acceptors (Lipinski definition) is 1. The predicted molar refractivity (Wildman–Crippen MR) is 200 cm³/mol. The SMILES string of the molecule is [2H]c1cc2c(-c3c([2H])c([2H])c(-c4c5c([2H])c([2H])c([2H])c([2H])c5c(-c5c([2H])c([2H])c([2H])c6oc7c([2H])c([2H])c([2H])c([2H])c7c56)c5c([2H])c([2H])c([2H])c([2H])c45)c4c([2H])c([2H])c([2H])c([2H])c34)c([2H])c([2H])c([2H])c2c([2H])c1[2H]. The molecule has 1 nitrogen and oxygen atoms in total. The van der Waals surface area contributed by atoms with Crippen molar-refractivity contribution in [1.29, 1.82) is 0 Å². The van der Waals surface area contributed by atoms with Gasteiger partial charge in [0.2, 0.25) is 0 Å². The van der Waals surface area contributed by atoms with Gasteiger partial charge in [-0.1, -0.05) is 157 Å². The molecule has 10 aromatic rings. The summed E-state index contributed by atoms with van der Waals surface area (Å²) < 4.78 is 250. The van der Waals surface area contributed by atoms with E-state index in [0.717, 1.165) is 6.07 Å². The summed E-state index contributed by atoms with van der Waals surface area (Å²) in [4.78, 5) is 0. The van der Waals surface area contributed by atoms with Gasteiger partial charge in [-0.15, -0.1) is 0 Å². The van der Waals surface area contributed by atoms with Gasteiger partial charge >= 0.3 is 0 Å². The normalized spacial score (nSPS) is 19.9. The molecule has 0 atom stereocenters. The Labute approximate surface area is 309 Å². The smallest absolute Gasteiger partial charge is 0.136 e. The largest absolute Gasteiger partial charge is 0.456 e. The number of benzene rings is 9. The molecule has 0 fully saturated rings. The molecule has 1 aromatic heterocycles. The summed E-state index contributed by atoms with van der Waals surface area (Å²) in [6, 6.07) is -23.4. The molecule has 0 aliphatic heterocycles. The lowest BCUT2D eigenvalue weighted by atomic mass is 9.83. The third-order valence-corrected chi connectivity index (χ3v) is 7.96. The van der Waals surface area contributed by atoms with Gasteiger partial charge in [-0.05, 0) is 88.6 Å². The van der Waals surface area contributed by atoms with Crippen LogP contribution in [0.3, 0.4) is 0 Å². The van der Waals surface area contributed by atoms with E-state index >= 15 is 0 Å². The van der Waals surface area contributed by atoms with Crippen LogP contribution in [0, 0.1) is 0 Å². The molecule has 1 heterocycles. The maximum absolute atomic E-state index is 9.91. The van der Waals surface area contributed by atoms with Gasteiger partial charge in [-0.3, -0.25) is 0 Å². The molecule has 1 heteroatoms. The van der Waals surface area contributed by atoms with E-state index in [1.54, 1.807) is 0 Å². The second-order valence-corrected chi connectivity index (χ2v) is 10.3. The molecule has 0 N–H and O–H groups in total. The summed E-state index contributed by atoms with van der Waals surface area (Å²) in [7, 11) is 0. The molecule has 0 saturated heterocycles. The fourth-order valence-electron chi connectivity index (χ4n) is 6.05. The van der Waals surface area contributed by atoms with Crippen LogP contribution in [0.15, 0.2) is 174 Å². The lowest BCUT2D eigenvalue weighted by Gasteiger charge is -2.20. The van der Waals surface area contributed by atoms with Gasteiger partial charge < -0.3 is 4.42 Å². The zero-order valence-electron chi connectivity index (χ0n) is 50.5. The fraction of sp³-hybridized carbons (Fsp3) is 0. The highest BCUT2D eigenvalue weighted by atomic mass is 16.3. The van der Waals surface area contributed by atoms with E-state index in [9.17, 15) is 12.3 Å². The van der Waals surface area contributed by atoms with Crippen molar-refractivity contribution in [2.45, 2.75) is 0 Å². The molecule has 0 aliphatic rings. The molecule has 47 heavy (non-hydrogen) atoms. The van der Waals surface area contributed by atoms with Crippen LogP contribution in [0.1, 0.15) is 37.0 Å². The van der Waals surface area contributed by atoms with Gasteiger partial charge in [0.1, 0.15) is 11.2 Å². The molecule has 218 valence electrons. The zero-order chi connectivity index (χ0) is 54.4. The van der Waals surface area contributed by atoms with Crippen LogP contribution in [-0.4, -0.2) is 0 Å². The third-order valence-electron chi connectivity index (χ3n) is 7.96. The van der Waals surface area contributed by atoms with Crippen LogP contribution in [0.5, 0.6) is 0 Å². The molecule has 0 spiro atoms. The Morgan fingerprint density at radius 2 is 0.787 bits per heavy atom. The minimum Gasteiger partial charge on any atom is -0.456 e. The van der Waals surface area contributed by atoms with Crippen molar-refractivity contribution in [3.63, 3.8) is 0 Å². The van der Waals surface area contributed by atoms with Crippen molar-refractivity contribution >= 4 is 65.0 Å². The van der Waals surface area contributed by atoms with E-state index in [1.807, 2.05) is 0 Å². The molecule has 0 saturated carbocycles. The van der Waals surface area contributed by atoms with Gasteiger partial charge in [0.25, 0.3) is 0 Å². The van der Waals surface area contributed by atoms with E-state index < -0.39 is 256 Å². The van der Waals surface area contributed by atoms with Gasteiger partial charge in [-0.2, -0.15) is 0 Å². The Morgan fingerprint density at radius 1 is 0.319 bits per heavy atom. The average molecular weight is 624 g/mol. The predicted octanol–water partition coefficient (Wildman–Crippen LogP) is 13.2. The van der Waals surface area contributed by atoms with Gasteiger partial charge in [0, 0.05) is 10.8 Å². The summed E-state index contributed by atoms with van der Waals surface area (Å²) in [5, 5.41) is -6.18. The maximum atomic E-state index is 9.91. The van der Waals surface area contributed by atoms with Crippen LogP contribution in [0.25, 0.3) is 98.4 Å². The summed E-state index contributed by atoms with van der Waals surface area (Å²) in [6.45, 7) is 0. The molecule has 9 aromatic carbocycles. The third kappa shape index (κ3) is 3.84. The van der Waals surface area contributed by atoms with E-state index in [-0.39, 0.29) is 5.39 Å². The Hall–Kier alpha value is -6.18. The fourth-order valence-corrected chi connectivity index (χ4v) is 6.05. The van der Waals surface area contributed by atoms with Crippen LogP contribution in [-0.2, 0) is 0 Å². The highest BCUT2D eigenvalue weighted by Crippen LogP contribution is 2.48. The van der Waals surface area contributed by atoms with Gasteiger partial charge in [0.05, 0.1) is 37.0 Å². The van der Waals surface area contributed by atoms with Crippen molar-refractivity contribution in [2.75, 3.05) is 0 Å². The second kappa shape index (κ2) is 10.2. The Morgan fingerprint density at radius 3 is 1.51 bits per heavy atom. The minimum absolute atomic E-state index is 0.360. The van der Waals surface area contributed by atoms with Crippen molar-refractivity contribution in [3.05, 3.63) is 169 Å². The molecule has 0 unspecified atom stereocenters. The highest BCUT2D eigenvalue weighted by Gasteiger charge is 2.21. The second-order valence-electron chi connectivity index (χ2n) is 10.3. The van der Waals surface area contributed by atoms with Crippen molar-refractivity contribution in [1.82, 2.24) is 0 Å². The van der Waals surface area contributed by atoms with E-state index in [1.165, 1.54) is 0 Å². The first-order valence-electron chi connectivity index (χ1n) is 27.5. The van der Waals surface area contributed by atoms with E-state index in [4.69, 9.17) is 29.1 Å². The monoisotopic (exact) mass is 623 g/mol. The first-order chi connectivity index (χ1) is 34.6. The number of fused-ring (bicyclic) bond motifs is 7. The Kier molecular flexibility index (Phi) is 2.37. The van der Waals surface area contributed by atoms with E-state index in [2.05, 4.69) is 0 Å². The molecule has 10 rings (SSSR count). The number of hydrogen-bond donors (Lipinski definition) is 0. The van der Waals surface area contributed by atoms with Crippen molar-refractivity contribution in [2.24, 2.45) is 0 Å². The standard InChI is InChI=1S/C46H28O/c1-2-15-30-29(13-1)14-11-23-31(30)34-27-28-39(33-17-4-3-16-32(33)34)44-35-18-5-7-20-37(35)45(38-21-8-6-19-36(38)44)41-24-12-26-43-46(41)40-22-9-10-25-42(40)47-43/h1-28H/i1D,2D,3D,4D,5D,6D,7D,8D,9D,10D,11D,12D,13D,14D,16D,17D,18D,19D,20D,21D,22D,23D,24D,25D,26D,27D,28D.